The number of fused-ring (bicyclic) bond motifs is 6. The predicted octanol–water partition coefficient (Wildman–Crippen LogP) is 14.3. The van der Waals surface area contributed by atoms with Gasteiger partial charge in [0.05, 0.1) is 32.8 Å². The smallest absolute Gasteiger partial charge is 0.160 e. The first-order chi connectivity index (χ1) is 27.8. The molecule has 3 heterocycles. The molecule has 0 spiro atoms. The molecule has 0 aliphatic carbocycles. The summed E-state index contributed by atoms with van der Waals surface area (Å²) < 4.78 is 5.03. The van der Waals surface area contributed by atoms with Gasteiger partial charge in [0, 0.05) is 42.9 Å². The van der Waals surface area contributed by atoms with Gasteiger partial charge in [-0.15, -0.1) is 11.3 Å². The molecule has 0 aliphatic rings. The van der Waals surface area contributed by atoms with Crippen LogP contribution in [-0.2, 0) is 0 Å². The predicted molar refractivity (Wildman–Crippen MR) is 236 cm³/mol. The Hall–Kier alpha value is -7.14. The van der Waals surface area contributed by atoms with Crippen LogP contribution in [0.2, 0.25) is 0 Å². The first-order valence-electron chi connectivity index (χ1n) is 18.9. The molecule has 0 unspecified atom stereocenters. The third-order valence-electron chi connectivity index (χ3n) is 10.8. The van der Waals surface area contributed by atoms with Gasteiger partial charge in [-0.3, -0.25) is 0 Å². The molecule has 8 aromatic carbocycles. The van der Waals surface area contributed by atoms with Crippen LogP contribution in [-0.4, -0.2) is 14.5 Å². The Labute approximate surface area is 328 Å². The van der Waals surface area contributed by atoms with Crippen molar-refractivity contribution in [3.63, 3.8) is 0 Å². The van der Waals surface area contributed by atoms with Crippen LogP contribution in [0.25, 0.3) is 104 Å². The summed E-state index contributed by atoms with van der Waals surface area (Å²) in [6.07, 6.45) is 0. The highest BCUT2D eigenvalue weighted by molar-refractivity contribution is 7.26. The van der Waals surface area contributed by atoms with Gasteiger partial charge in [-0.2, -0.15) is 0 Å². The second kappa shape index (κ2) is 13.3. The van der Waals surface area contributed by atoms with Gasteiger partial charge in [0.15, 0.2) is 5.82 Å². The van der Waals surface area contributed by atoms with Crippen LogP contribution < -0.4 is 0 Å². The quantitative estimate of drug-likeness (QED) is 0.170. The van der Waals surface area contributed by atoms with Crippen molar-refractivity contribution in [3.8, 4) is 61.8 Å². The number of nitrogens with zero attached hydrogens (tertiary/aromatic N) is 3. The van der Waals surface area contributed by atoms with Gasteiger partial charge in [-0.05, 0) is 58.7 Å². The molecule has 4 heteroatoms. The van der Waals surface area contributed by atoms with Crippen molar-refractivity contribution < 1.29 is 0 Å². The van der Waals surface area contributed by atoms with Gasteiger partial charge in [0.2, 0.25) is 0 Å². The number of rotatable bonds is 6. The molecule has 0 saturated heterocycles. The number of hydrogen-bond acceptors (Lipinski definition) is 3. The van der Waals surface area contributed by atoms with E-state index in [1.165, 1.54) is 58.8 Å². The van der Waals surface area contributed by atoms with Gasteiger partial charge < -0.3 is 4.57 Å². The average molecular weight is 732 g/mol. The lowest BCUT2D eigenvalue weighted by molar-refractivity contribution is 1.18. The third kappa shape index (κ3) is 5.42. The number of para-hydroxylation sites is 1. The summed E-state index contributed by atoms with van der Waals surface area (Å²) in [6, 6.07) is 71.3. The molecule has 0 amide bonds. The van der Waals surface area contributed by atoms with E-state index in [4.69, 9.17) is 9.97 Å². The van der Waals surface area contributed by atoms with Crippen LogP contribution in [0.3, 0.4) is 0 Å². The molecule has 11 rings (SSSR count). The van der Waals surface area contributed by atoms with Crippen LogP contribution in [0.15, 0.2) is 200 Å². The molecular weight excluding hydrogens is 699 g/mol. The Bertz CT molecular complexity index is 3230. The Balaban J connectivity index is 1.08. The van der Waals surface area contributed by atoms with Crippen LogP contribution >= 0.6 is 11.3 Å². The minimum Gasteiger partial charge on any atom is -0.308 e. The Morgan fingerprint density at radius 1 is 0.375 bits per heavy atom. The summed E-state index contributed by atoms with van der Waals surface area (Å²) in [5.41, 5.74) is 13.1. The zero-order valence-corrected chi connectivity index (χ0v) is 31.1. The lowest BCUT2D eigenvalue weighted by atomic mass is 9.98. The zero-order chi connectivity index (χ0) is 37.0. The van der Waals surface area contributed by atoms with E-state index in [1.54, 1.807) is 0 Å². The van der Waals surface area contributed by atoms with E-state index in [9.17, 15) is 0 Å². The first kappa shape index (κ1) is 32.3. The third-order valence-corrected chi connectivity index (χ3v) is 12.0. The van der Waals surface area contributed by atoms with Crippen molar-refractivity contribution in [1.29, 1.82) is 0 Å². The Kier molecular flexibility index (Phi) is 7.68. The molecule has 0 N–H and O–H groups in total. The van der Waals surface area contributed by atoms with Crippen molar-refractivity contribution in [3.05, 3.63) is 200 Å². The number of hydrogen-bond donors (Lipinski definition) is 0. The lowest BCUT2D eigenvalue weighted by Gasteiger charge is -2.12. The summed E-state index contributed by atoms with van der Waals surface area (Å²) in [5, 5.41) is 4.96. The fourth-order valence-electron chi connectivity index (χ4n) is 8.19. The minimum atomic E-state index is 0.696. The van der Waals surface area contributed by atoms with Gasteiger partial charge in [-0.1, -0.05) is 164 Å². The van der Waals surface area contributed by atoms with Crippen molar-refractivity contribution in [2.45, 2.75) is 0 Å². The van der Waals surface area contributed by atoms with Crippen molar-refractivity contribution in [2.24, 2.45) is 0 Å². The van der Waals surface area contributed by atoms with Crippen LogP contribution in [0.4, 0.5) is 0 Å². The Morgan fingerprint density at radius 3 is 1.75 bits per heavy atom. The topological polar surface area (TPSA) is 30.7 Å². The molecule has 0 fully saturated rings. The van der Waals surface area contributed by atoms with Gasteiger partial charge >= 0.3 is 0 Å². The van der Waals surface area contributed by atoms with Gasteiger partial charge in [0.1, 0.15) is 0 Å². The summed E-state index contributed by atoms with van der Waals surface area (Å²) in [4.78, 5) is 10.5. The highest BCUT2D eigenvalue weighted by Gasteiger charge is 2.20. The summed E-state index contributed by atoms with van der Waals surface area (Å²) in [6.45, 7) is 0. The highest BCUT2D eigenvalue weighted by atomic mass is 32.1. The summed E-state index contributed by atoms with van der Waals surface area (Å²) in [7, 11) is 0. The molecule has 0 atom stereocenters. The lowest BCUT2D eigenvalue weighted by Crippen LogP contribution is -1.97. The molecule has 56 heavy (non-hydrogen) atoms. The molecule has 0 radical (unpaired) electrons. The molecular formula is C52H33N3S. The number of benzene rings is 8. The maximum Gasteiger partial charge on any atom is 0.160 e. The van der Waals surface area contributed by atoms with Gasteiger partial charge in [-0.25, -0.2) is 9.97 Å². The van der Waals surface area contributed by atoms with Crippen LogP contribution in [0.1, 0.15) is 0 Å². The van der Waals surface area contributed by atoms with Crippen molar-refractivity contribution in [2.75, 3.05) is 0 Å². The van der Waals surface area contributed by atoms with E-state index in [1.807, 2.05) is 17.4 Å². The van der Waals surface area contributed by atoms with Crippen molar-refractivity contribution in [1.82, 2.24) is 14.5 Å². The molecule has 11 aromatic rings. The maximum absolute atomic E-state index is 5.35. The largest absolute Gasteiger partial charge is 0.308 e. The van der Waals surface area contributed by atoms with E-state index in [0.29, 0.717) is 5.82 Å². The van der Waals surface area contributed by atoms with Crippen LogP contribution in [0, 0.1) is 0 Å². The van der Waals surface area contributed by atoms with E-state index in [2.05, 4.69) is 199 Å². The van der Waals surface area contributed by atoms with E-state index >= 15 is 0 Å². The maximum atomic E-state index is 5.35. The zero-order valence-electron chi connectivity index (χ0n) is 30.3. The molecule has 0 bridgehead atoms. The van der Waals surface area contributed by atoms with Crippen LogP contribution in [0.5, 0.6) is 0 Å². The summed E-state index contributed by atoms with van der Waals surface area (Å²) in [5.74, 6) is 0.696. The van der Waals surface area contributed by atoms with Gasteiger partial charge in [0.25, 0.3) is 0 Å². The Morgan fingerprint density at radius 2 is 0.946 bits per heavy atom. The number of aromatic nitrogens is 3. The standard InChI is InChI=1S/C52H33N3S/c1-3-14-34(15-4-1)38-18-11-19-39(32-38)35-28-30-37(31-29-35)52-53-44(36-16-5-2-6-17-36)33-45(54-52)42-23-13-25-47-50(42)43-21-7-9-24-46(43)55(47)48-26-12-22-41-40-20-8-10-27-49(40)56-51(41)48/h1-33H. The fraction of sp³-hybridized carbons (Fsp3) is 0. The van der Waals surface area contributed by atoms with Crippen molar-refractivity contribution >= 4 is 53.3 Å². The molecule has 0 saturated carbocycles. The molecule has 0 aliphatic heterocycles. The molecule has 262 valence electrons. The monoisotopic (exact) mass is 731 g/mol. The number of thiophene rings is 1. The second-order valence-electron chi connectivity index (χ2n) is 14.2. The highest BCUT2D eigenvalue weighted by Crippen LogP contribution is 2.43. The normalized spacial score (nSPS) is 11.6. The molecule has 3 aromatic heterocycles. The summed E-state index contributed by atoms with van der Waals surface area (Å²) >= 11 is 1.86. The fourth-order valence-corrected chi connectivity index (χ4v) is 9.40. The minimum absolute atomic E-state index is 0.696. The van der Waals surface area contributed by atoms with E-state index in [0.717, 1.165) is 39.2 Å². The van der Waals surface area contributed by atoms with E-state index < -0.39 is 0 Å². The SMILES string of the molecule is c1ccc(-c2cccc(-c3ccc(-c4nc(-c5ccccc5)cc(-c5cccc6c5c5ccccc5n6-c5cccc6c5sc5ccccc56)n4)cc3)c2)cc1. The average Bonchev–Trinajstić information content (AvgIpc) is 3.83. The second-order valence-corrected chi connectivity index (χ2v) is 15.2. The molecule has 3 nitrogen and oxygen atoms in total. The first-order valence-corrected chi connectivity index (χ1v) is 19.7. The van der Waals surface area contributed by atoms with E-state index in [-0.39, 0.29) is 0 Å².